The van der Waals surface area contributed by atoms with Crippen molar-refractivity contribution >= 4 is 11.9 Å². The normalized spacial score (nSPS) is 30.1. The van der Waals surface area contributed by atoms with E-state index in [0.717, 1.165) is 25.7 Å². The molecule has 4 atom stereocenters. The molecule has 124 valence electrons. The van der Waals surface area contributed by atoms with E-state index in [0.29, 0.717) is 18.3 Å². The fourth-order valence-electron chi connectivity index (χ4n) is 4.62. The van der Waals surface area contributed by atoms with Crippen LogP contribution in [-0.2, 0) is 16.0 Å². The number of amides is 1. The van der Waals surface area contributed by atoms with Gasteiger partial charge in [-0.25, -0.2) is 4.79 Å². The van der Waals surface area contributed by atoms with Crippen molar-refractivity contribution in [2.24, 2.45) is 17.3 Å². The first kappa shape index (κ1) is 16.0. The van der Waals surface area contributed by atoms with Crippen LogP contribution in [0.25, 0.3) is 0 Å². The molecule has 2 aliphatic carbocycles. The molecule has 0 aliphatic heterocycles. The molecule has 1 aromatic carbocycles. The Bertz CT molecular complexity index is 586. The predicted molar refractivity (Wildman–Crippen MR) is 87.9 cm³/mol. The summed E-state index contributed by atoms with van der Waals surface area (Å²) in [6.07, 6.45) is 5.45. The number of hydrogen-bond donors (Lipinski definition) is 2. The Morgan fingerprint density at radius 3 is 2.57 bits per heavy atom. The van der Waals surface area contributed by atoms with Crippen molar-refractivity contribution in [3.05, 3.63) is 35.9 Å². The molecule has 2 saturated carbocycles. The number of benzene rings is 1. The van der Waals surface area contributed by atoms with Crippen molar-refractivity contribution in [1.82, 2.24) is 5.32 Å². The van der Waals surface area contributed by atoms with Crippen LogP contribution >= 0.6 is 0 Å². The van der Waals surface area contributed by atoms with Gasteiger partial charge in [0.1, 0.15) is 6.04 Å². The zero-order valence-electron chi connectivity index (χ0n) is 13.6. The van der Waals surface area contributed by atoms with Gasteiger partial charge in [0.15, 0.2) is 0 Å². The van der Waals surface area contributed by atoms with E-state index in [1.165, 1.54) is 12.0 Å². The molecule has 1 aromatic rings. The van der Waals surface area contributed by atoms with Gasteiger partial charge in [-0.2, -0.15) is 0 Å². The monoisotopic (exact) mass is 315 g/mol. The number of carboxylic acid groups (broad SMARTS) is 1. The molecule has 0 radical (unpaired) electrons. The molecule has 1 amide bonds. The minimum Gasteiger partial charge on any atom is -0.480 e. The van der Waals surface area contributed by atoms with Crippen molar-refractivity contribution < 1.29 is 14.7 Å². The molecule has 0 spiro atoms. The van der Waals surface area contributed by atoms with Crippen LogP contribution in [0, 0.1) is 17.3 Å². The zero-order chi connectivity index (χ0) is 16.4. The molecule has 2 bridgehead atoms. The maximum Gasteiger partial charge on any atom is 0.326 e. The molecular weight excluding hydrogens is 290 g/mol. The maximum atomic E-state index is 13.1. The average Bonchev–Trinajstić information content (AvgIpc) is 3.14. The number of hydrogen-bond acceptors (Lipinski definition) is 2. The Morgan fingerprint density at radius 1 is 1.30 bits per heavy atom. The van der Waals surface area contributed by atoms with E-state index >= 15 is 0 Å². The number of carboxylic acids is 1. The summed E-state index contributed by atoms with van der Waals surface area (Å²) in [4.78, 5) is 24.3. The molecule has 0 heterocycles. The van der Waals surface area contributed by atoms with Gasteiger partial charge in [-0.1, -0.05) is 43.7 Å². The Labute approximate surface area is 137 Å². The van der Waals surface area contributed by atoms with Crippen molar-refractivity contribution in [3.63, 3.8) is 0 Å². The molecule has 3 rings (SSSR count). The number of rotatable bonds is 6. The SMILES string of the molecule is CCC(NC(=O)C1(Cc2ccccc2)CC2CCC1C2)C(=O)O. The lowest BCUT2D eigenvalue weighted by atomic mass is 9.68. The van der Waals surface area contributed by atoms with E-state index in [2.05, 4.69) is 17.4 Å². The maximum absolute atomic E-state index is 13.1. The number of fused-ring (bicyclic) bond motifs is 2. The van der Waals surface area contributed by atoms with Crippen LogP contribution in [0.3, 0.4) is 0 Å². The molecular formula is C19H25NO3. The van der Waals surface area contributed by atoms with E-state index in [9.17, 15) is 14.7 Å². The number of nitrogens with one attached hydrogen (secondary N) is 1. The molecule has 4 unspecified atom stereocenters. The van der Waals surface area contributed by atoms with Gasteiger partial charge in [0.25, 0.3) is 0 Å². The highest BCUT2D eigenvalue weighted by Crippen LogP contribution is 2.57. The Balaban J connectivity index is 1.84. The largest absolute Gasteiger partial charge is 0.480 e. The van der Waals surface area contributed by atoms with Crippen LogP contribution in [-0.4, -0.2) is 23.0 Å². The molecule has 2 N–H and O–H groups in total. The van der Waals surface area contributed by atoms with Gasteiger partial charge in [0, 0.05) is 0 Å². The van der Waals surface area contributed by atoms with Crippen molar-refractivity contribution in [3.8, 4) is 0 Å². The van der Waals surface area contributed by atoms with Crippen LogP contribution in [0.5, 0.6) is 0 Å². The number of carbonyl (C=O) groups is 2. The van der Waals surface area contributed by atoms with E-state index in [-0.39, 0.29) is 5.91 Å². The second kappa shape index (κ2) is 6.34. The Kier molecular flexibility index (Phi) is 4.42. The lowest BCUT2D eigenvalue weighted by molar-refractivity contribution is -0.145. The van der Waals surface area contributed by atoms with E-state index in [4.69, 9.17) is 0 Å². The highest BCUT2D eigenvalue weighted by molar-refractivity contribution is 5.88. The predicted octanol–water partition coefficient (Wildman–Crippen LogP) is 3.01. The summed E-state index contributed by atoms with van der Waals surface area (Å²) in [7, 11) is 0. The number of aliphatic carboxylic acids is 1. The lowest BCUT2D eigenvalue weighted by Gasteiger charge is -2.37. The number of carbonyl (C=O) groups excluding carboxylic acids is 1. The van der Waals surface area contributed by atoms with Crippen molar-refractivity contribution in [2.75, 3.05) is 0 Å². The zero-order valence-corrected chi connectivity index (χ0v) is 13.6. The average molecular weight is 315 g/mol. The second-order valence-corrected chi connectivity index (χ2v) is 7.17. The third-order valence-electron chi connectivity index (χ3n) is 5.80. The smallest absolute Gasteiger partial charge is 0.326 e. The van der Waals surface area contributed by atoms with Crippen LogP contribution in [0.15, 0.2) is 30.3 Å². The molecule has 4 heteroatoms. The first-order chi connectivity index (χ1) is 11.0. The standard InChI is InChI=1S/C19H25NO3/c1-2-16(17(21)22)20-18(23)19(11-13-6-4-3-5-7-13)12-14-8-9-15(19)10-14/h3-7,14-16H,2,8-12H2,1H3,(H,20,23)(H,21,22). The van der Waals surface area contributed by atoms with E-state index in [1.807, 2.05) is 18.2 Å². The molecule has 23 heavy (non-hydrogen) atoms. The van der Waals surface area contributed by atoms with Crippen LogP contribution in [0.2, 0.25) is 0 Å². The second-order valence-electron chi connectivity index (χ2n) is 7.17. The summed E-state index contributed by atoms with van der Waals surface area (Å²) in [5, 5.41) is 12.1. The Hall–Kier alpha value is -1.84. The first-order valence-corrected chi connectivity index (χ1v) is 8.63. The van der Waals surface area contributed by atoms with E-state index < -0.39 is 17.4 Å². The van der Waals surface area contributed by atoms with Gasteiger partial charge >= 0.3 is 5.97 Å². The molecule has 0 aromatic heterocycles. The van der Waals surface area contributed by atoms with Gasteiger partial charge in [-0.15, -0.1) is 0 Å². The van der Waals surface area contributed by atoms with Gasteiger partial charge in [0.05, 0.1) is 5.41 Å². The van der Waals surface area contributed by atoms with Crippen molar-refractivity contribution in [1.29, 1.82) is 0 Å². The van der Waals surface area contributed by atoms with E-state index in [1.54, 1.807) is 6.92 Å². The van der Waals surface area contributed by atoms with Crippen LogP contribution in [0.4, 0.5) is 0 Å². The minimum atomic E-state index is -0.945. The van der Waals surface area contributed by atoms with Gasteiger partial charge in [-0.05, 0) is 49.5 Å². The van der Waals surface area contributed by atoms with Gasteiger partial charge < -0.3 is 10.4 Å². The fourth-order valence-corrected chi connectivity index (χ4v) is 4.62. The molecule has 4 nitrogen and oxygen atoms in total. The van der Waals surface area contributed by atoms with Gasteiger partial charge in [-0.3, -0.25) is 4.79 Å². The van der Waals surface area contributed by atoms with Gasteiger partial charge in [0.2, 0.25) is 5.91 Å². The molecule has 0 saturated heterocycles. The summed E-state index contributed by atoms with van der Waals surface area (Å²) in [6.45, 7) is 1.80. The van der Waals surface area contributed by atoms with Crippen molar-refractivity contribution in [2.45, 2.75) is 51.5 Å². The minimum absolute atomic E-state index is 0.0530. The van der Waals surface area contributed by atoms with Crippen LogP contribution in [0.1, 0.15) is 44.6 Å². The van der Waals surface area contributed by atoms with Crippen LogP contribution < -0.4 is 5.32 Å². The summed E-state index contributed by atoms with van der Waals surface area (Å²) >= 11 is 0. The third kappa shape index (κ3) is 2.99. The lowest BCUT2D eigenvalue weighted by Crippen LogP contribution is -2.51. The first-order valence-electron chi connectivity index (χ1n) is 8.63. The summed E-state index contributed by atoms with van der Waals surface area (Å²) in [6, 6.07) is 9.33. The summed E-state index contributed by atoms with van der Waals surface area (Å²) < 4.78 is 0. The molecule has 2 aliphatic rings. The highest BCUT2D eigenvalue weighted by Gasteiger charge is 2.55. The third-order valence-corrected chi connectivity index (χ3v) is 5.80. The fraction of sp³-hybridized carbons (Fsp3) is 0.579. The summed E-state index contributed by atoms with van der Waals surface area (Å²) in [5.74, 6) is 0.0139. The highest BCUT2D eigenvalue weighted by atomic mass is 16.4. The Morgan fingerprint density at radius 2 is 2.04 bits per heavy atom. The topological polar surface area (TPSA) is 66.4 Å². The molecule has 2 fully saturated rings. The summed E-state index contributed by atoms with van der Waals surface area (Å²) in [5.41, 5.74) is 0.742. The quantitative estimate of drug-likeness (QED) is 0.848.